The van der Waals surface area contributed by atoms with Gasteiger partial charge in [-0.05, 0) is 42.0 Å². The summed E-state index contributed by atoms with van der Waals surface area (Å²) in [6, 6.07) is 13.9. The summed E-state index contributed by atoms with van der Waals surface area (Å²) in [6.07, 6.45) is 0.969. The first-order valence-corrected chi connectivity index (χ1v) is 11.4. The van der Waals surface area contributed by atoms with Crippen molar-refractivity contribution < 1.29 is 9.72 Å². The van der Waals surface area contributed by atoms with E-state index in [1.54, 1.807) is 35.6 Å². The molecule has 0 unspecified atom stereocenters. The van der Waals surface area contributed by atoms with Crippen molar-refractivity contribution in [1.29, 1.82) is 0 Å². The summed E-state index contributed by atoms with van der Waals surface area (Å²) in [6.45, 7) is 2.26. The van der Waals surface area contributed by atoms with Gasteiger partial charge in [0, 0.05) is 53.8 Å². The maximum Gasteiger partial charge on any atom is 0.293 e. The van der Waals surface area contributed by atoms with E-state index in [4.69, 9.17) is 0 Å². The second kappa shape index (κ2) is 8.23. The van der Waals surface area contributed by atoms with Crippen LogP contribution in [0.5, 0.6) is 0 Å². The van der Waals surface area contributed by atoms with Gasteiger partial charge in [-0.2, -0.15) is 0 Å². The Kier molecular flexibility index (Phi) is 5.26. The van der Waals surface area contributed by atoms with Crippen LogP contribution in [0.4, 0.5) is 11.4 Å². The molecule has 0 aliphatic carbocycles. The summed E-state index contributed by atoms with van der Waals surface area (Å²) in [5.41, 5.74) is 1.72. The lowest BCUT2D eigenvalue weighted by Crippen LogP contribution is -2.47. The smallest absolute Gasteiger partial charge is 0.293 e. The van der Waals surface area contributed by atoms with Crippen molar-refractivity contribution in [3.05, 3.63) is 90.5 Å². The molecular formula is C23H22N4O4S. The Morgan fingerprint density at radius 1 is 1.16 bits per heavy atom. The quantitative estimate of drug-likeness (QED) is 0.475. The lowest BCUT2D eigenvalue weighted by Gasteiger charge is -2.43. The Morgan fingerprint density at radius 2 is 2.03 bits per heavy atom. The molecule has 2 aromatic heterocycles. The average molecular weight is 451 g/mol. The molecule has 0 saturated carbocycles. The summed E-state index contributed by atoms with van der Waals surface area (Å²) >= 11 is 1.54. The van der Waals surface area contributed by atoms with Crippen LogP contribution >= 0.6 is 11.3 Å². The molecule has 5 rings (SSSR count). The monoisotopic (exact) mass is 450 g/mol. The normalized spacial score (nSPS) is 19.3. The number of nitrogens with one attached hydrogen (secondary N) is 1. The van der Waals surface area contributed by atoms with Crippen LogP contribution in [0, 0.1) is 16.0 Å². The molecule has 1 amide bonds. The number of nitro benzene ring substituents is 1. The fourth-order valence-corrected chi connectivity index (χ4v) is 5.50. The molecule has 164 valence electrons. The highest BCUT2D eigenvalue weighted by molar-refractivity contribution is 7.09. The lowest BCUT2D eigenvalue weighted by molar-refractivity contribution is -0.384. The van der Waals surface area contributed by atoms with Crippen molar-refractivity contribution in [3.8, 4) is 0 Å². The molecule has 4 heterocycles. The van der Waals surface area contributed by atoms with Crippen molar-refractivity contribution >= 4 is 28.6 Å². The number of carbonyl (C=O) groups is 1. The largest absolute Gasteiger partial charge is 0.365 e. The fourth-order valence-electron chi connectivity index (χ4n) is 4.85. The third kappa shape index (κ3) is 3.80. The number of anilines is 1. The van der Waals surface area contributed by atoms with E-state index in [0.717, 1.165) is 17.0 Å². The molecule has 0 radical (unpaired) electrons. The number of carbonyl (C=O) groups excluding carboxylic acids is 1. The molecule has 9 heteroatoms. The number of benzene rings is 1. The second-order valence-corrected chi connectivity index (χ2v) is 9.36. The zero-order chi connectivity index (χ0) is 22.2. The molecule has 8 nitrogen and oxygen atoms in total. The Labute approximate surface area is 188 Å². The molecule has 0 spiro atoms. The van der Waals surface area contributed by atoms with Crippen LogP contribution in [-0.2, 0) is 13.1 Å². The van der Waals surface area contributed by atoms with E-state index in [1.807, 2.05) is 33.0 Å². The Balaban J connectivity index is 1.40. The topological polar surface area (TPSA) is 97.5 Å². The van der Waals surface area contributed by atoms with E-state index in [-0.39, 0.29) is 34.6 Å². The number of hydrogen-bond donors (Lipinski definition) is 1. The fraction of sp³-hybridized carbons (Fsp3) is 0.304. The number of hydrogen-bond acceptors (Lipinski definition) is 6. The van der Waals surface area contributed by atoms with Crippen LogP contribution in [0.1, 0.15) is 33.3 Å². The van der Waals surface area contributed by atoms with Gasteiger partial charge in [-0.25, -0.2) is 0 Å². The van der Waals surface area contributed by atoms with Gasteiger partial charge in [0.25, 0.3) is 17.2 Å². The van der Waals surface area contributed by atoms with Crippen LogP contribution in [0.3, 0.4) is 0 Å². The highest BCUT2D eigenvalue weighted by Gasteiger charge is 2.36. The summed E-state index contributed by atoms with van der Waals surface area (Å²) in [5.74, 6) is 0.0522. The maximum absolute atomic E-state index is 12.6. The average Bonchev–Trinajstić information content (AvgIpc) is 3.31. The van der Waals surface area contributed by atoms with Crippen molar-refractivity contribution in [1.82, 2.24) is 9.88 Å². The molecule has 1 fully saturated rings. The van der Waals surface area contributed by atoms with Crippen molar-refractivity contribution in [3.63, 3.8) is 0 Å². The number of piperidine rings is 1. The highest BCUT2D eigenvalue weighted by Crippen LogP contribution is 2.39. The first-order chi connectivity index (χ1) is 15.5. The second-order valence-electron chi connectivity index (χ2n) is 8.33. The van der Waals surface area contributed by atoms with E-state index < -0.39 is 4.92 Å². The molecule has 3 aromatic rings. The molecule has 2 aliphatic rings. The van der Waals surface area contributed by atoms with Gasteiger partial charge >= 0.3 is 0 Å². The van der Waals surface area contributed by atoms with Gasteiger partial charge in [0.05, 0.1) is 11.5 Å². The van der Waals surface area contributed by atoms with Gasteiger partial charge in [0.1, 0.15) is 5.69 Å². The molecule has 2 atom stereocenters. The first-order valence-electron chi connectivity index (χ1n) is 10.5. The van der Waals surface area contributed by atoms with Crippen LogP contribution in [0.25, 0.3) is 0 Å². The van der Waals surface area contributed by atoms with Gasteiger partial charge < -0.3 is 14.8 Å². The summed E-state index contributed by atoms with van der Waals surface area (Å²) in [4.78, 5) is 39.3. The van der Waals surface area contributed by atoms with Gasteiger partial charge in [0.15, 0.2) is 0 Å². The predicted octanol–water partition coefficient (Wildman–Crippen LogP) is 3.37. The molecule has 2 aliphatic heterocycles. The van der Waals surface area contributed by atoms with Gasteiger partial charge in [0.2, 0.25) is 0 Å². The van der Waals surface area contributed by atoms with Gasteiger partial charge in [-0.15, -0.1) is 11.3 Å². The summed E-state index contributed by atoms with van der Waals surface area (Å²) < 4.78 is 1.84. The van der Waals surface area contributed by atoms with Crippen LogP contribution in [-0.4, -0.2) is 28.5 Å². The van der Waals surface area contributed by atoms with E-state index in [9.17, 15) is 19.7 Å². The summed E-state index contributed by atoms with van der Waals surface area (Å²) in [7, 11) is 0. The molecule has 1 saturated heterocycles. The minimum absolute atomic E-state index is 0.00884. The molecular weight excluding hydrogens is 428 g/mol. The lowest BCUT2D eigenvalue weighted by atomic mass is 9.83. The van der Waals surface area contributed by atoms with Crippen molar-refractivity contribution in [2.24, 2.45) is 5.92 Å². The number of nitrogens with zero attached hydrogens (tertiary/aromatic N) is 3. The number of amides is 1. The Hall–Kier alpha value is -3.46. The number of nitro groups is 1. The number of rotatable bonds is 5. The van der Waals surface area contributed by atoms with E-state index in [0.29, 0.717) is 31.9 Å². The minimum atomic E-state index is -0.422. The zero-order valence-electron chi connectivity index (χ0n) is 17.3. The van der Waals surface area contributed by atoms with Gasteiger partial charge in [-0.3, -0.25) is 19.7 Å². The SMILES string of the molecule is O=C(NCc1cccs1)c1ccc(N2C[C@H]3C[C@@H](C2)c2cccc(=O)n2C3)c([N+](=O)[O-])c1. The standard InChI is InChI=1S/C23H22N4O4S/c28-22-5-1-4-19-17-9-15(13-26(19)22)12-25(14-17)20-7-6-16(10-21(20)27(30)31)23(29)24-11-18-3-2-8-32-18/h1-8,10,15,17H,9,11-14H2,(H,24,29)/t15-,17+/m1/s1. The van der Waals surface area contributed by atoms with Crippen molar-refractivity contribution in [2.45, 2.75) is 25.4 Å². The number of thiophene rings is 1. The van der Waals surface area contributed by atoms with Crippen LogP contribution in [0.2, 0.25) is 0 Å². The van der Waals surface area contributed by atoms with E-state index in [2.05, 4.69) is 5.32 Å². The maximum atomic E-state index is 12.6. The Morgan fingerprint density at radius 3 is 2.81 bits per heavy atom. The summed E-state index contributed by atoms with van der Waals surface area (Å²) in [5, 5.41) is 16.6. The van der Waals surface area contributed by atoms with E-state index in [1.165, 1.54) is 6.07 Å². The Bertz CT molecular complexity index is 1240. The highest BCUT2D eigenvalue weighted by atomic mass is 32.1. The van der Waals surface area contributed by atoms with Crippen molar-refractivity contribution in [2.75, 3.05) is 18.0 Å². The molecule has 1 aromatic carbocycles. The minimum Gasteiger partial charge on any atom is -0.365 e. The molecule has 1 N–H and O–H groups in total. The zero-order valence-corrected chi connectivity index (χ0v) is 18.1. The molecule has 32 heavy (non-hydrogen) atoms. The number of fused-ring (bicyclic) bond motifs is 4. The third-order valence-electron chi connectivity index (χ3n) is 6.26. The van der Waals surface area contributed by atoms with E-state index >= 15 is 0 Å². The first kappa shape index (κ1) is 20.4. The number of pyridine rings is 1. The third-order valence-corrected chi connectivity index (χ3v) is 7.13. The van der Waals surface area contributed by atoms with Crippen LogP contribution < -0.4 is 15.8 Å². The van der Waals surface area contributed by atoms with Crippen LogP contribution in [0.15, 0.2) is 58.7 Å². The number of aromatic nitrogens is 1. The molecule has 2 bridgehead atoms. The van der Waals surface area contributed by atoms with Gasteiger partial charge in [-0.1, -0.05) is 12.1 Å². The predicted molar refractivity (Wildman–Crippen MR) is 122 cm³/mol.